The van der Waals surface area contributed by atoms with E-state index < -0.39 is 23.1 Å². The van der Waals surface area contributed by atoms with Crippen LogP contribution in [0.4, 0.5) is 13.2 Å². The van der Waals surface area contributed by atoms with Crippen LogP contribution < -0.4 is 0 Å². The molecule has 1 aliphatic carbocycles. The number of Topliss-reactive ketones (excluding diaryl/α,β-unsaturated/α-hetero) is 1. The summed E-state index contributed by atoms with van der Waals surface area (Å²) >= 11 is 0. The minimum Gasteiger partial charge on any atom is -0.288 e. The molecule has 3 rings (SSSR count). The number of alkyl halides is 3. The number of ketones is 1. The van der Waals surface area contributed by atoms with Crippen molar-refractivity contribution in [3.05, 3.63) is 64.7 Å². The summed E-state index contributed by atoms with van der Waals surface area (Å²) in [7, 11) is 0. The van der Waals surface area contributed by atoms with Crippen molar-refractivity contribution in [3.63, 3.8) is 0 Å². The Morgan fingerprint density at radius 1 is 0.875 bits per heavy atom. The summed E-state index contributed by atoms with van der Waals surface area (Å²) < 4.78 is 39.0. The zero-order valence-corrected chi connectivity index (χ0v) is 12.0. The normalized spacial score (nSPS) is 12.7. The van der Waals surface area contributed by atoms with Gasteiger partial charge in [-0.2, -0.15) is 23.7 Å². The number of allylic oxidation sites excluding steroid dienone is 2. The van der Waals surface area contributed by atoms with E-state index in [9.17, 15) is 18.0 Å². The summed E-state index contributed by atoms with van der Waals surface area (Å²) in [6.07, 6.45) is -4.60. The molecule has 24 heavy (non-hydrogen) atoms. The highest BCUT2D eigenvalue weighted by atomic mass is 19.4. The molecular weight excluding hydrogens is 317 g/mol. The molecule has 0 N–H and O–H groups in total. The van der Waals surface area contributed by atoms with E-state index in [0.29, 0.717) is 11.1 Å². The molecule has 6 heteroatoms. The van der Waals surface area contributed by atoms with E-state index >= 15 is 0 Å². The fourth-order valence-corrected chi connectivity index (χ4v) is 2.72. The SMILES string of the molecule is N#CC(C#N)=C1C(=O)c2ccccc2-c2ccc(C(F)(F)F)cc21. The Morgan fingerprint density at radius 2 is 1.46 bits per heavy atom. The highest BCUT2D eigenvalue weighted by Crippen LogP contribution is 2.42. The molecule has 0 aromatic heterocycles. The van der Waals surface area contributed by atoms with Crippen LogP contribution in [-0.2, 0) is 6.18 Å². The lowest BCUT2D eigenvalue weighted by Gasteiger charge is -2.22. The number of hydrogen-bond donors (Lipinski definition) is 0. The number of hydrogen-bond acceptors (Lipinski definition) is 3. The molecule has 0 unspecified atom stereocenters. The quantitative estimate of drug-likeness (QED) is 0.534. The molecule has 116 valence electrons. The second-order valence-corrected chi connectivity index (χ2v) is 5.11. The number of benzene rings is 2. The van der Waals surface area contributed by atoms with Gasteiger partial charge in [-0.15, -0.1) is 0 Å². The zero-order chi connectivity index (χ0) is 17.5. The first-order chi connectivity index (χ1) is 11.4. The topological polar surface area (TPSA) is 64.7 Å². The minimum absolute atomic E-state index is 0.0494. The highest BCUT2D eigenvalue weighted by Gasteiger charge is 2.35. The molecule has 0 radical (unpaired) electrons. The molecule has 0 saturated heterocycles. The molecule has 2 aromatic carbocycles. The maximum atomic E-state index is 13.0. The first-order valence-corrected chi connectivity index (χ1v) is 6.78. The number of nitrogens with zero attached hydrogens (tertiary/aromatic N) is 2. The molecule has 0 bridgehead atoms. The van der Waals surface area contributed by atoms with Gasteiger partial charge in [0.1, 0.15) is 17.7 Å². The molecule has 0 heterocycles. The summed E-state index contributed by atoms with van der Waals surface area (Å²) in [5.74, 6) is -0.629. The van der Waals surface area contributed by atoms with E-state index in [2.05, 4.69) is 0 Å². The summed E-state index contributed by atoms with van der Waals surface area (Å²) in [6, 6.07) is 12.6. The molecule has 1 aliphatic rings. The van der Waals surface area contributed by atoms with Gasteiger partial charge in [0, 0.05) is 5.56 Å². The zero-order valence-electron chi connectivity index (χ0n) is 12.0. The van der Waals surface area contributed by atoms with Gasteiger partial charge in [0.05, 0.1) is 11.1 Å². The van der Waals surface area contributed by atoms with Crippen molar-refractivity contribution >= 4 is 11.4 Å². The van der Waals surface area contributed by atoms with Crippen molar-refractivity contribution in [3.8, 4) is 23.3 Å². The molecule has 0 saturated carbocycles. The van der Waals surface area contributed by atoms with Crippen molar-refractivity contribution in [2.24, 2.45) is 0 Å². The lowest BCUT2D eigenvalue weighted by molar-refractivity contribution is -0.137. The van der Waals surface area contributed by atoms with Crippen LogP contribution in [0, 0.1) is 22.7 Å². The second-order valence-electron chi connectivity index (χ2n) is 5.11. The molecular formula is C18H7F3N2O. The number of fused-ring (bicyclic) bond motifs is 3. The largest absolute Gasteiger partial charge is 0.416 e. The minimum atomic E-state index is -4.60. The van der Waals surface area contributed by atoms with E-state index in [1.165, 1.54) is 12.1 Å². The number of carbonyl (C=O) groups is 1. The third-order valence-corrected chi connectivity index (χ3v) is 3.78. The second kappa shape index (κ2) is 5.36. The molecule has 3 nitrogen and oxygen atoms in total. The summed E-state index contributed by atoms with van der Waals surface area (Å²) in [6.45, 7) is 0. The fourth-order valence-electron chi connectivity index (χ4n) is 2.72. The molecule has 0 amide bonds. The van der Waals surface area contributed by atoms with Crippen molar-refractivity contribution in [2.75, 3.05) is 0 Å². The average molecular weight is 324 g/mol. The fraction of sp³-hybridized carbons (Fsp3) is 0.0556. The van der Waals surface area contributed by atoms with Crippen LogP contribution in [0.3, 0.4) is 0 Å². The summed E-state index contributed by atoms with van der Waals surface area (Å²) in [4.78, 5) is 12.7. The molecule has 0 atom stereocenters. The van der Waals surface area contributed by atoms with E-state index in [1.807, 2.05) is 0 Å². The van der Waals surface area contributed by atoms with Gasteiger partial charge in [0.15, 0.2) is 5.78 Å². The maximum Gasteiger partial charge on any atom is 0.416 e. The molecule has 0 spiro atoms. The Labute approximate surface area is 134 Å². The van der Waals surface area contributed by atoms with Gasteiger partial charge >= 0.3 is 6.18 Å². The van der Waals surface area contributed by atoms with Crippen molar-refractivity contribution < 1.29 is 18.0 Å². The third-order valence-electron chi connectivity index (χ3n) is 3.78. The Morgan fingerprint density at radius 3 is 2.04 bits per heavy atom. The first kappa shape index (κ1) is 15.5. The van der Waals surface area contributed by atoms with Crippen LogP contribution in [0.5, 0.6) is 0 Å². The van der Waals surface area contributed by atoms with Gasteiger partial charge in [-0.25, -0.2) is 0 Å². The molecule has 0 aliphatic heterocycles. The van der Waals surface area contributed by atoms with Gasteiger partial charge in [-0.3, -0.25) is 4.79 Å². The Balaban J connectivity index is 2.44. The summed E-state index contributed by atoms with van der Waals surface area (Å²) in [5.41, 5.74) is -0.674. The lowest BCUT2D eigenvalue weighted by Crippen LogP contribution is -2.15. The van der Waals surface area contributed by atoms with Gasteiger partial charge in [0.25, 0.3) is 0 Å². The van der Waals surface area contributed by atoms with Gasteiger partial charge in [-0.05, 0) is 28.8 Å². The van der Waals surface area contributed by atoms with Crippen molar-refractivity contribution in [1.82, 2.24) is 0 Å². The van der Waals surface area contributed by atoms with E-state index in [4.69, 9.17) is 10.5 Å². The van der Waals surface area contributed by atoms with Crippen LogP contribution in [0.15, 0.2) is 48.0 Å². The molecule has 0 fully saturated rings. The number of halogens is 3. The smallest absolute Gasteiger partial charge is 0.288 e. The van der Waals surface area contributed by atoms with Crippen molar-refractivity contribution in [2.45, 2.75) is 6.18 Å². The Kier molecular flexibility index (Phi) is 3.47. The number of nitriles is 2. The predicted molar refractivity (Wildman–Crippen MR) is 79.4 cm³/mol. The van der Waals surface area contributed by atoms with Crippen LogP contribution >= 0.6 is 0 Å². The molecule has 2 aromatic rings. The van der Waals surface area contributed by atoms with Crippen LogP contribution in [0.1, 0.15) is 21.5 Å². The number of rotatable bonds is 0. The standard InChI is InChI=1S/C18H7F3N2O/c19-18(20,21)11-5-6-13-12-3-1-2-4-14(12)17(24)16(15(13)7-11)10(8-22)9-23/h1-7H. The van der Waals surface area contributed by atoms with Gasteiger partial charge in [-0.1, -0.05) is 30.3 Å². The van der Waals surface area contributed by atoms with E-state index in [0.717, 1.165) is 12.1 Å². The van der Waals surface area contributed by atoms with Crippen LogP contribution in [-0.4, -0.2) is 5.78 Å². The monoisotopic (exact) mass is 324 g/mol. The van der Waals surface area contributed by atoms with E-state index in [1.54, 1.807) is 30.3 Å². The van der Waals surface area contributed by atoms with Gasteiger partial charge in [0.2, 0.25) is 0 Å². The van der Waals surface area contributed by atoms with Crippen LogP contribution in [0.2, 0.25) is 0 Å². The van der Waals surface area contributed by atoms with Crippen molar-refractivity contribution in [1.29, 1.82) is 10.5 Å². The Hall–Kier alpha value is -3.38. The Bertz CT molecular complexity index is 973. The van der Waals surface area contributed by atoms with Crippen LogP contribution in [0.25, 0.3) is 16.7 Å². The first-order valence-electron chi connectivity index (χ1n) is 6.78. The van der Waals surface area contributed by atoms with E-state index in [-0.39, 0.29) is 16.7 Å². The predicted octanol–water partition coefficient (Wildman–Crippen LogP) is 4.37. The maximum absolute atomic E-state index is 13.0. The van der Waals surface area contributed by atoms with Gasteiger partial charge < -0.3 is 0 Å². The highest BCUT2D eigenvalue weighted by molar-refractivity contribution is 6.35. The third kappa shape index (κ3) is 2.26. The number of carbonyl (C=O) groups excluding carboxylic acids is 1. The lowest BCUT2D eigenvalue weighted by atomic mass is 9.79. The average Bonchev–Trinajstić information content (AvgIpc) is 2.57. The summed E-state index contributed by atoms with van der Waals surface area (Å²) in [5, 5.41) is 18.2.